The Hall–Kier alpha value is -3.37. The number of para-hydroxylation sites is 1. The second kappa shape index (κ2) is 10.3. The summed E-state index contributed by atoms with van der Waals surface area (Å²) in [6, 6.07) is 15.5. The van der Waals surface area contributed by atoms with Gasteiger partial charge >= 0.3 is 0 Å². The first kappa shape index (κ1) is 23.8. The number of rotatable bonds is 8. The van der Waals surface area contributed by atoms with E-state index in [1.54, 1.807) is 16.4 Å². The third kappa shape index (κ3) is 5.23. The first-order valence-corrected chi connectivity index (χ1v) is 12.6. The van der Waals surface area contributed by atoms with Crippen molar-refractivity contribution < 1.29 is 4.79 Å². The van der Waals surface area contributed by atoms with Crippen LogP contribution in [0.3, 0.4) is 0 Å². The fourth-order valence-electron chi connectivity index (χ4n) is 3.41. The van der Waals surface area contributed by atoms with E-state index in [0.29, 0.717) is 22.3 Å². The molecule has 10 heteroatoms. The van der Waals surface area contributed by atoms with Crippen LogP contribution in [0.2, 0.25) is 0 Å². The molecule has 4 rings (SSSR count). The van der Waals surface area contributed by atoms with E-state index >= 15 is 0 Å². The standard InChI is InChI=1S/C24H26N6O2S2/c1-15-10-11-18(14-16(15)2)25-23-27-28-24(34-23)33-13-12-20(31)26-21-17(3)29(4)30(22(21)32)19-8-6-5-7-9-19/h5-11,14H,12-13H2,1-4H3,(H,25,27)(H,26,31). The van der Waals surface area contributed by atoms with Crippen molar-refractivity contribution in [1.29, 1.82) is 0 Å². The molecule has 0 fully saturated rings. The summed E-state index contributed by atoms with van der Waals surface area (Å²) in [7, 11) is 1.80. The van der Waals surface area contributed by atoms with Gasteiger partial charge in [-0.05, 0) is 56.2 Å². The van der Waals surface area contributed by atoms with Gasteiger partial charge in [-0.15, -0.1) is 10.2 Å². The first-order chi connectivity index (χ1) is 16.3. The van der Waals surface area contributed by atoms with Crippen LogP contribution in [-0.4, -0.2) is 31.2 Å². The Balaban J connectivity index is 1.33. The average molecular weight is 495 g/mol. The van der Waals surface area contributed by atoms with E-state index in [4.69, 9.17) is 0 Å². The summed E-state index contributed by atoms with van der Waals surface area (Å²) in [4.78, 5) is 25.5. The number of aryl methyl sites for hydroxylation is 2. The van der Waals surface area contributed by atoms with E-state index in [9.17, 15) is 9.59 Å². The molecule has 2 aromatic carbocycles. The number of hydrogen-bond donors (Lipinski definition) is 2. The molecule has 176 valence electrons. The van der Waals surface area contributed by atoms with Crippen LogP contribution >= 0.6 is 23.1 Å². The Labute approximate surface area is 206 Å². The van der Waals surface area contributed by atoms with Crippen LogP contribution in [0, 0.1) is 20.8 Å². The summed E-state index contributed by atoms with van der Waals surface area (Å²) in [5.74, 6) is 0.319. The molecule has 4 aromatic rings. The van der Waals surface area contributed by atoms with Crippen molar-refractivity contribution in [3.8, 4) is 5.69 Å². The lowest BCUT2D eigenvalue weighted by molar-refractivity contribution is -0.115. The summed E-state index contributed by atoms with van der Waals surface area (Å²) < 4.78 is 4.07. The molecule has 0 aliphatic heterocycles. The van der Waals surface area contributed by atoms with Gasteiger partial charge in [0.25, 0.3) is 5.56 Å². The lowest BCUT2D eigenvalue weighted by Gasteiger charge is -2.07. The van der Waals surface area contributed by atoms with E-state index in [0.717, 1.165) is 15.7 Å². The van der Waals surface area contributed by atoms with Gasteiger partial charge in [-0.25, -0.2) is 4.68 Å². The second-order valence-corrected chi connectivity index (χ2v) is 10.2. The van der Waals surface area contributed by atoms with Gasteiger partial charge < -0.3 is 10.6 Å². The second-order valence-electron chi connectivity index (χ2n) is 7.88. The Kier molecular flexibility index (Phi) is 7.18. The van der Waals surface area contributed by atoms with Crippen molar-refractivity contribution in [2.24, 2.45) is 7.05 Å². The molecule has 0 radical (unpaired) electrons. The molecule has 0 saturated heterocycles. The molecule has 0 unspecified atom stereocenters. The van der Waals surface area contributed by atoms with Crippen molar-refractivity contribution >= 4 is 45.5 Å². The van der Waals surface area contributed by atoms with Gasteiger partial charge in [-0.1, -0.05) is 47.4 Å². The van der Waals surface area contributed by atoms with Gasteiger partial charge in [0, 0.05) is 24.9 Å². The molecule has 1 amide bonds. The maximum atomic E-state index is 12.9. The summed E-state index contributed by atoms with van der Waals surface area (Å²) >= 11 is 2.91. The van der Waals surface area contributed by atoms with Gasteiger partial charge in [0.1, 0.15) is 5.69 Å². The number of hydrogen-bond acceptors (Lipinski definition) is 7. The van der Waals surface area contributed by atoms with Gasteiger partial charge in [-0.3, -0.25) is 14.3 Å². The number of benzene rings is 2. The highest BCUT2D eigenvalue weighted by Crippen LogP contribution is 2.28. The van der Waals surface area contributed by atoms with Crippen molar-refractivity contribution in [2.45, 2.75) is 31.5 Å². The van der Waals surface area contributed by atoms with Gasteiger partial charge in [-0.2, -0.15) is 0 Å². The summed E-state index contributed by atoms with van der Waals surface area (Å²) in [5, 5.41) is 15.1. The SMILES string of the molecule is Cc1ccc(Nc2nnc(SCCC(=O)Nc3c(C)n(C)n(-c4ccccc4)c3=O)s2)cc1C. The fraction of sp³-hybridized carbons (Fsp3) is 0.250. The van der Waals surface area contributed by atoms with Crippen LogP contribution in [0.15, 0.2) is 57.7 Å². The third-order valence-corrected chi connectivity index (χ3v) is 7.51. The van der Waals surface area contributed by atoms with Crippen LogP contribution in [-0.2, 0) is 11.8 Å². The highest BCUT2D eigenvalue weighted by Gasteiger charge is 2.18. The van der Waals surface area contributed by atoms with E-state index in [1.165, 1.54) is 34.2 Å². The van der Waals surface area contributed by atoms with E-state index in [2.05, 4.69) is 46.8 Å². The molecule has 8 nitrogen and oxygen atoms in total. The molecule has 34 heavy (non-hydrogen) atoms. The molecule has 2 N–H and O–H groups in total. The lowest BCUT2D eigenvalue weighted by Crippen LogP contribution is -2.23. The molecule has 2 heterocycles. The Morgan fingerprint density at radius 1 is 1.06 bits per heavy atom. The van der Waals surface area contributed by atoms with Crippen molar-refractivity contribution in [3.63, 3.8) is 0 Å². The van der Waals surface area contributed by atoms with Gasteiger partial charge in [0.15, 0.2) is 4.34 Å². The minimum atomic E-state index is -0.251. The van der Waals surface area contributed by atoms with Crippen LogP contribution in [0.4, 0.5) is 16.5 Å². The summed E-state index contributed by atoms with van der Waals surface area (Å²) in [6.07, 6.45) is 0.253. The summed E-state index contributed by atoms with van der Waals surface area (Å²) in [6.45, 7) is 5.96. The lowest BCUT2D eigenvalue weighted by atomic mass is 10.1. The maximum absolute atomic E-state index is 12.9. The van der Waals surface area contributed by atoms with Crippen LogP contribution < -0.4 is 16.2 Å². The molecule has 0 atom stereocenters. The summed E-state index contributed by atoms with van der Waals surface area (Å²) in [5.41, 5.74) is 4.91. The number of thioether (sulfide) groups is 1. The highest BCUT2D eigenvalue weighted by atomic mass is 32.2. The topological polar surface area (TPSA) is 93.8 Å². The monoisotopic (exact) mass is 494 g/mol. The van der Waals surface area contributed by atoms with Crippen molar-refractivity contribution in [3.05, 3.63) is 75.7 Å². The predicted octanol–water partition coefficient (Wildman–Crippen LogP) is 4.82. The van der Waals surface area contributed by atoms with E-state index in [-0.39, 0.29) is 17.9 Å². The largest absolute Gasteiger partial charge is 0.330 e. The number of amides is 1. The normalized spacial score (nSPS) is 10.9. The molecule has 2 aromatic heterocycles. The Morgan fingerprint density at radius 3 is 2.56 bits per heavy atom. The molecule has 0 aliphatic carbocycles. The molecule has 0 spiro atoms. The minimum absolute atomic E-state index is 0.212. The zero-order chi connectivity index (χ0) is 24.2. The highest BCUT2D eigenvalue weighted by molar-refractivity contribution is 8.01. The average Bonchev–Trinajstić information content (AvgIpc) is 3.34. The predicted molar refractivity (Wildman–Crippen MR) is 139 cm³/mol. The molecule has 0 aliphatic rings. The minimum Gasteiger partial charge on any atom is -0.330 e. The zero-order valence-electron chi connectivity index (χ0n) is 19.5. The van der Waals surface area contributed by atoms with Crippen molar-refractivity contribution in [2.75, 3.05) is 16.4 Å². The van der Waals surface area contributed by atoms with Crippen molar-refractivity contribution in [1.82, 2.24) is 19.6 Å². The van der Waals surface area contributed by atoms with E-state index in [1.807, 2.05) is 43.3 Å². The van der Waals surface area contributed by atoms with Crippen LogP contribution in [0.1, 0.15) is 23.2 Å². The Morgan fingerprint density at radius 2 is 1.82 bits per heavy atom. The number of anilines is 3. The zero-order valence-corrected chi connectivity index (χ0v) is 21.1. The Bertz CT molecular complexity index is 1370. The first-order valence-electron chi connectivity index (χ1n) is 10.8. The van der Waals surface area contributed by atoms with Crippen LogP contribution in [0.25, 0.3) is 5.69 Å². The maximum Gasteiger partial charge on any atom is 0.295 e. The number of nitrogens with one attached hydrogen (secondary N) is 2. The number of nitrogens with zero attached hydrogens (tertiary/aromatic N) is 4. The van der Waals surface area contributed by atoms with Crippen LogP contribution in [0.5, 0.6) is 0 Å². The smallest absolute Gasteiger partial charge is 0.295 e. The fourth-order valence-corrected chi connectivity index (χ4v) is 5.19. The number of carbonyl (C=O) groups excluding carboxylic acids is 1. The number of aromatic nitrogens is 4. The van der Waals surface area contributed by atoms with E-state index < -0.39 is 0 Å². The molecule has 0 saturated carbocycles. The van der Waals surface area contributed by atoms with Gasteiger partial charge in [0.2, 0.25) is 11.0 Å². The quantitative estimate of drug-likeness (QED) is 0.341. The van der Waals surface area contributed by atoms with Gasteiger partial charge in [0.05, 0.1) is 11.4 Å². The molecule has 0 bridgehead atoms. The molecular formula is C24H26N6O2S2. The number of carbonyl (C=O) groups is 1. The molecular weight excluding hydrogens is 468 g/mol. The third-order valence-electron chi connectivity index (χ3n) is 5.54.